The van der Waals surface area contributed by atoms with Crippen LogP contribution in [-0.2, 0) is 28.8 Å². The van der Waals surface area contributed by atoms with Gasteiger partial charge in [0.05, 0.1) is 0 Å². The second-order valence-electron chi connectivity index (χ2n) is 10.3. The van der Waals surface area contributed by atoms with Crippen molar-refractivity contribution in [3.63, 3.8) is 0 Å². The van der Waals surface area contributed by atoms with E-state index in [1.807, 2.05) is 0 Å². The summed E-state index contributed by atoms with van der Waals surface area (Å²) >= 11 is 0. The minimum atomic E-state index is -1.19. The molecule has 0 aromatic rings. The summed E-state index contributed by atoms with van der Waals surface area (Å²) in [6.45, 7) is 1.55. The highest BCUT2D eigenvalue weighted by Gasteiger charge is 2.32. The normalized spacial score (nSPS) is 18.6. The Kier molecular flexibility index (Phi) is 17.2. The van der Waals surface area contributed by atoms with Gasteiger partial charge in [-0.2, -0.15) is 0 Å². The maximum Gasteiger partial charge on any atom is 0.320 e. The van der Waals surface area contributed by atoms with Gasteiger partial charge in [-0.15, -0.1) is 0 Å². The molecule has 0 amide bonds. The van der Waals surface area contributed by atoms with Crippen molar-refractivity contribution in [1.29, 1.82) is 0 Å². The molecule has 1 heterocycles. The molecule has 0 bridgehead atoms. The van der Waals surface area contributed by atoms with Crippen LogP contribution < -0.4 is 5.32 Å². The van der Waals surface area contributed by atoms with Gasteiger partial charge in [-0.25, -0.2) is 0 Å². The molecule has 16 nitrogen and oxygen atoms in total. The van der Waals surface area contributed by atoms with Crippen LogP contribution in [0.25, 0.3) is 0 Å². The van der Waals surface area contributed by atoms with E-state index in [-0.39, 0.29) is 97.1 Å². The van der Waals surface area contributed by atoms with Crippen LogP contribution in [-0.4, -0.2) is 152 Å². The SMILES string of the molecule is O=C(O)CCC[C@H](C(=O)O)N1CCNCCN([C@@H](CCCC(=O)O)C(=O)O)CCN([C@@H](CCCC(=O)O)C(=O)O)CC1. The third-order valence-electron chi connectivity index (χ3n) is 7.28. The van der Waals surface area contributed by atoms with Gasteiger partial charge in [-0.1, -0.05) is 0 Å². The largest absolute Gasteiger partial charge is 0.481 e. The topological polar surface area (TPSA) is 246 Å². The van der Waals surface area contributed by atoms with Crippen LogP contribution in [0.4, 0.5) is 0 Å². The van der Waals surface area contributed by atoms with Gasteiger partial charge in [0.25, 0.3) is 0 Å². The van der Waals surface area contributed by atoms with Gasteiger partial charge in [0.1, 0.15) is 18.1 Å². The third-order valence-corrected chi connectivity index (χ3v) is 7.28. The molecule has 240 valence electrons. The molecule has 7 N–H and O–H groups in total. The Morgan fingerprint density at radius 1 is 0.476 bits per heavy atom. The lowest BCUT2D eigenvalue weighted by Crippen LogP contribution is -2.54. The Hall–Kier alpha value is -3.34. The van der Waals surface area contributed by atoms with Gasteiger partial charge >= 0.3 is 35.8 Å². The van der Waals surface area contributed by atoms with Crippen molar-refractivity contribution >= 4 is 35.8 Å². The number of nitrogens with one attached hydrogen (secondary N) is 1. The molecule has 1 aliphatic rings. The number of carbonyl (C=O) groups is 6. The quantitative estimate of drug-likeness (QED) is 0.105. The predicted octanol–water partition coefficient (Wildman–Crippen LogP) is -0.380. The Balaban J connectivity index is 3.24. The Labute approximate surface area is 243 Å². The summed E-state index contributed by atoms with van der Waals surface area (Å²) in [5.41, 5.74) is 0. The van der Waals surface area contributed by atoms with Crippen molar-refractivity contribution in [3.05, 3.63) is 0 Å². The fourth-order valence-corrected chi connectivity index (χ4v) is 5.08. The zero-order valence-corrected chi connectivity index (χ0v) is 23.7. The maximum atomic E-state index is 12.3. The first-order valence-electron chi connectivity index (χ1n) is 14.1. The Morgan fingerprint density at radius 2 is 0.738 bits per heavy atom. The summed E-state index contributed by atoms with van der Waals surface area (Å²) in [6.07, 6.45) is -0.109. The zero-order chi connectivity index (χ0) is 31.7. The van der Waals surface area contributed by atoms with E-state index in [1.165, 1.54) is 0 Å². The molecule has 1 rings (SSSR count). The molecule has 1 fully saturated rings. The molecule has 0 unspecified atom stereocenters. The fourth-order valence-electron chi connectivity index (χ4n) is 5.08. The first-order valence-corrected chi connectivity index (χ1v) is 14.1. The van der Waals surface area contributed by atoms with Gasteiger partial charge in [0.15, 0.2) is 0 Å². The molecule has 0 aromatic carbocycles. The summed E-state index contributed by atoms with van der Waals surface area (Å²) in [5, 5.41) is 59.9. The van der Waals surface area contributed by atoms with E-state index in [4.69, 9.17) is 15.3 Å². The zero-order valence-electron chi connectivity index (χ0n) is 23.7. The minimum Gasteiger partial charge on any atom is -0.481 e. The molecule has 0 aliphatic carbocycles. The molecular formula is C26H44N4O12. The molecular weight excluding hydrogens is 560 g/mol. The molecule has 0 radical (unpaired) electrons. The maximum absolute atomic E-state index is 12.3. The highest BCUT2D eigenvalue weighted by molar-refractivity contribution is 5.75. The van der Waals surface area contributed by atoms with Crippen LogP contribution in [0.2, 0.25) is 0 Å². The molecule has 0 saturated carbocycles. The lowest BCUT2D eigenvalue weighted by atomic mass is 10.1. The number of carboxylic acid groups (broad SMARTS) is 6. The summed E-state index contributed by atoms with van der Waals surface area (Å²) in [7, 11) is 0. The van der Waals surface area contributed by atoms with Crippen molar-refractivity contribution in [2.24, 2.45) is 0 Å². The van der Waals surface area contributed by atoms with Crippen LogP contribution >= 0.6 is 0 Å². The van der Waals surface area contributed by atoms with Crippen molar-refractivity contribution in [3.8, 4) is 0 Å². The Bertz CT molecular complexity index is 866. The lowest BCUT2D eigenvalue weighted by molar-refractivity contribution is -0.147. The van der Waals surface area contributed by atoms with Gasteiger partial charge in [0.2, 0.25) is 0 Å². The number of hydrogen-bond donors (Lipinski definition) is 7. The second kappa shape index (κ2) is 19.7. The first-order chi connectivity index (χ1) is 19.8. The smallest absolute Gasteiger partial charge is 0.320 e. The highest BCUT2D eigenvalue weighted by atomic mass is 16.4. The van der Waals surface area contributed by atoms with E-state index in [2.05, 4.69) is 5.32 Å². The van der Waals surface area contributed by atoms with Gasteiger partial charge in [0, 0.05) is 71.6 Å². The molecule has 42 heavy (non-hydrogen) atoms. The van der Waals surface area contributed by atoms with Crippen LogP contribution in [0.5, 0.6) is 0 Å². The number of carboxylic acids is 6. The first kappa shape index (κ1) is 36.7. The third kappa shape index (κ3) is 14.5. The van der Waals surface area contributed by atoms with Gasteiger partial charge in [-0.05, 0) is 38.5 Å². The van der Waals surface area contributed by atoms with E-state index in [0.717, 1.165) is 0 Å². The van der Waals surface area contributed by atoms with E-state index < -0.39 is 53.9 Å². The van der Waals surface area contributed by atoms with Gasteiger partial charge < -0.3 is 36.0 Å². The van der Waals surface area contributed by atoms with E-state index in [9.17, 15) is 44.1 Å². The summed E-state index contributed by atoms with van der Waals surface area (Å²) in [6, 6.07) is -3.12. The average Bonchev–Trinajstić information content (AvgIpc) is 2.87. The van der Waals surface area contributed by atoms with Crippen molar-refractivity contribution in [1.82, 2.24) is 20.0 Å². The summed E-state index contributed by atoms with van der Waals surface area (Å²) in [5.74, 6) is -6.62. The van der Waals surface area contributed by atoms with Crippen molar-refractivity contribution < 1.29 is 59.4 Å². The van der Waals surface area contributed by atoms with E-state index in [1.54, 1.807) is 14.7 Å². The van der Waals surface area contributed by atoms with Crippen LogP contribution in [0.3, 0.4) is 0 Å². The van der Waals surface area contributed by atoms with Crippen molar-refractivity contribution in [2.45, 2.75) is 75.9 Å². The standard InChI is InChI=1S/C26H44N4O12/c31-21(32)7-1-4-18(24(37)38)28-12-10-27-11-13-29(19(25(39)40)5-2-8-22(33)34)15-17-30(16-14-28)20(26(41)42)6-3-9-23(35)36/h18-20,27H,1-17H2,(H,31,32)(H,33,34)(H,35,36)(H,37,38)(H,39,40)(H,41,42)/t18-,19+,20-/m0/s1. The van der Waals surface area contributed by atoms with E-state index >= 15 is 0 Å². The van der Waals surface area contributed by atoms with E-state index in [0.29, 0.717) is 13.1 Å². The molecule has 3 atom stereocenters. The average molecular weight is 605 g/mol. The highest BCUT2D eigenvalue weighted by Crippen LogP contribution is 2.16. The number of hydrogen-bond acceptors (Lipinski definition) is 10. The van der Waals surface area contributed by atoms with Gasteiger partial charge in [-0.3, -0.25) is 43.5 Å². The molecule has 1 saturated heterocycles. The molecule has 0 aromatic heterocycles. The fraction of sp³-hybridized carbons (Fsp3) is 0.769. The summed E-state index contributed by atoms with van der Waals surface area (Å²) < 4.78 is 0. The predicted molar refractivity (Wildman–Crippen MR) is 146 cm³/mol. The molecule has 16 heteroatoms. The Morgan fingerprint density at radius 3 is 0.976 bits per heavy atom. The number of rotatable bonds is 18. The number of nitrogens with zero attached hydrogens (tertiary/aromatic N) is 3. The molecule has 0 spiro atoms. The number of aliphatic carboxylic acids is 6. The summed E-state index contributed by atoms with van der Waals surface area (Å²) in [4.78, 5) is 74.4. The van der Waals surface area contributed by atoms with Crippen LogP contribution in [0.1, 0.15) is 57.8 Å². The monoisotopic (exact) mass is 604 g/mol. The van der Waals surface area contributed by atoms with Crippen LogP contribution in [0.15, 0.2) is 0 Å². The minimum absolute atomic E-state index is 0.00509. The lowest BCUT2D eigenvalue weighted by Gasteiger charge is -2.37. The molecule has 1 aliphatic heterocycles. The second-order valence-corrected chi connectivity index (χ2v) is 10.3. The van der Waals surface area contributed by atoms with Crippen molar-refractivity contribution in [2.75, 3.05) is 52.4 Å². The van der Waals surface area contributed by atoms with Crippen LogP contribution in [0, 0.1) is 0 Å².